The molecule has 1 N–H and O–H groups in total. The van der Waals surface area contributed by atoms with E-state index < -0.39 is 0 Å². The average molecular weight is 330 g/mol. The van der Waals surface area contributed by atoms with Crippen molar-refractivity contribution in [1.82, 2.24) is 5.32 Å². The molecule has 0 saturated carbocycles. The molecule has 1 aliphatic heterocycles. The van der Waals surface area contributed by atoms with E-state index in [2.05, 4.69) is 17.4 Å². The Morgan fingerprint density at radius 3 is 2.96 bits per heavy atom. The number of fused-ring (bicyclic) bond motifs is 1. The highest BCUT2D eigenvalue weighted by molar-refractivity contribution is 6.31. The molecule has 0 spiro atoms. The van der Waals surface area contributed by atoms with Gasteiger partial charge in [0.05, 0.1) is 13.0 Å². The van der Waals surface area contributed by atoms with E-state index in [1.54, 1.807) is 6.07 Å². The Bertz CT molecular complexity index is 714. The van der Waals surface area contributed by atoms with Gasteiger partial charge >= 0.3 is 0 Å². The van der Waals surface area contributed by atoms with Gasteiger partial charge in [0.15, 0.2) is 0 Å². The van der Waals surface area contributed by atoms with Gasteiger partial charge in [0.25, 0.3) is 0 Å². The molecular formula is C19H20ClNO2. The zero-order valence-corrected chi connectivity index (χ0v) is 13.9. The van der Waals surface area contributed by atoms with Crippen LogP contribution >= 0.6 is 11.6 Å². The first-order chi connectivity index (χ1) is 11.1. The summed E-state index contributed by atoms with van der Waals surface area (Å²) in [6.45, 7) is 2.79. The predicted octanol–water partition coefficient (Wildman–Crippen LogP) is 3.56. The lowest BCUT2D eigenvalue weighted by molar-refractivity contribution is -0.121. The number of benzene rings is 2. The molecule has 0 fully saturated rings. The summed E-state index contributed by atoms with van der Waals surface area (Å²) in [6.07, 6.45) is 2.08. The Hall–Kier alpha value is -2.00. The van der Waals surface area contributed by atoms with Crippen LogP contribution in [-0.2, 0) is 24.1 Å². The van der Waals surface area contributed by atoms with E-state index >= 15 is 0 Å². The van der Waals surface area contributed by atoms with Crippen molar-refractivity contribution in [2.24, 2.45) is 0 Å². The van der Waals surface area contributed by atoms with Gasteiger partial charge in [0.1, 0.15) is 5.75 Å². The molecule has 0 radical (unpaired) electrons. The van der Waals surface area contributed by atoms with Crippen LogP contribution in [-0.4, -0.2) is 18.6 Å². The Balaban J connectivity index is 1.55. The van der Waals surface area contributed by atoms with Crippen LogP contribution in [0.5, 0.6) is 5.75 Å². The Kier molecular flexibility index (Phi) is 4.87. The highest BCUT2D eigenvalue weighted by atomic mass is 35.5. The van der Waals surface area contributed by atoms with Gasteiger partial charge in [-0.15, -0.1) is 0 Å². The van der Waals surface area contributed by atoms with E-state index in [0.717, 1.165) is 30.8 Å². The summed E-state index contributed by atoms with van der Waals surface area (Å²) in [7, 11) is 0. The number of hydrogen-bond acceptors (Lipinski definition) is 2. The Morgan fingerprint density at radius 1 is 1.30 bits per heavy atom. The molecule has 3 rings (SSSR count). The summed E-state index contributed by atoms with van der Waals surface area (Å²) in [4.78, 5) is 12.2. The summed E-state index contributed by atoms with van der Waals surface area (Å²) >= 11 is 6.10. The second-order valence-electron chi connectivity index (χ2n) is 5.98. The average Bonchev–Trinajstić information content (AvgIpc) is 2.97. The first-order valence-corrected chi connectivity index (χ1v) is 8.27. The van der Waals surface area contributed by atoms with Crippen LogP contribution < -0.4 is 10.1 Å². The molecule has 0 saturated heterocycles. The number of ether oxygens (including phenoxy) is 1. The van der Waals surface area contributed by atoms with Gasteiger partial charge in [-0.05, 0) is 42.2 Å². The van der Waals surface area contributed by atoms with Gasteiger partial charge in [-0.3, -0.25) is 4.79 Å². The Labute approximate surface area is 141 Å². The summed E-state index contributed by atoms with van der Waals surface area (Å²) < 4.78 is 5.52. The minimum atomic E-state index is -0.00454. The van der Waals surface area contributed by atoms with Crippen LogP contribution in [0.1, 0.15) is 23.6 Å². The monoisotopic (exact) mass is 329 g/mol. The molecule has 2 aromatic rings. The number of amides is 1. The van der Waals surface area contributed by atoms with Gasteiger partial charge in [0, 0.05) is 17.5 Å². The minimum Gasteiger partial charge on any atom is -0.493 e. The molecule has 0 aromatic heterocycles. The highest BCUT2D eigenvalue weighted by Gasteiger charge is 2.14. The number of carbonyl (C=O) groups is 1. The third-order valence-corrected chi connectivity index (χ3v) is 4.38. The third kappa shape index (κ3) is 4.05. The van der Waals surface area contributed by atoms with E-state index in [4.69, 9.17) is 16.3 Å². The summed E-state index contributed by atoms with van der Waals surface area (Å²) in [5.74, 6) is 0.985. The molecule has 0 aliphatic carbocycles. The van der Waals surface area contributed by atoms with E-state index in [0.29, 0.717) is 11.4 Å². The molecule has 4 heteroatoms. The fourth-order valence-corrected chi connectivity index (χ4v) is 3.11. The van der Waals surface area contributed by atoms with Crippen LogP contribution in [0.25, 0.3) is 0 Å². The van der Waals surface area contributed by atoms with E-state index in [-0.39, 0.29) is 11.9 Å². The SMILES string of the molecule is C[C@H](Cc1ccc2c(c1)CCO2)NC(=O)Cc1ccccc1Cl. The summed E-state index contributed by atoms with van der Waals surface area (Å²) in [6, 6.07) is 13.8. The molecule has 1 atom stereocenters. The van der Waals surface area contributed by atoms with Crippen molar-refractivity contribution in [3.8, 4) is 5.75 Å². The molecule has 120 valence electrons. The largest absolute Gasteiger partial charge is 0.493 e. The molecule has 1 amide bonds. The molecule has 0 bridgehead atoms. The minimum absolute atomic E-state index is 0.00454. The number of rotatable bonds is 5. The number of nitrogens with one attached hydrogen (secondary N) is 1. The van der Waals surface area contributed by atoms with Gasteiger partial charge in [0.2, 0.25) is 5.91 Å². The first-order valence-electron chi connectivity index (χ1n) is 7.89. The van der Waals surface area contributed by atoms with E-state index in [1.165, 1.54) is 11.1 Å². The van der Waals surface area contributed by atoms with Crippen molar-refractivity contribution in [2.75, 3.05) is 6.61 Å². The first kappa shape index (κ1) is 15.9. The maximum absolute atomic E-state index is 12.2. The quantitative estimate of drug-likeness (QED) is 0.910. The number of hydrogen-bond donors (Lipinski definition) is 1. The number of halogens is 1. The summed E-state index contributed by atoms with van der Waals surface area (Å²) in [5.41, 5.74) is 3.34. The zero-order chi connectivity index (χ0) is 16.2. The van der Waals surface area contributed by atoms with Crippen molar-refractivity contribution in [1.29, 1.82) is 0 Å². The van der Waals surface area contributed by atoms with Gasteiger partial charge in [-0.25, -0.2) is 0 Å². The second-order valence-corrected chi connectivity index (χ2v) is 6.39. The van der Waals surface area contributed by atoms with Crippen molar-refractivity contribution < 1.29 is 9.53 Å². The predicted molar refractivity (Wildman–Crippen MR) is 92.1 cm³/mol. The fraction of sp³-hybridized carbons (Fsp3) is 0.316. The smallest absolute Gasteiger partial charge is 0.224 e. The van der Waals surface area contributed by atoms with Crippen molar-refractivity contribution in [3.63, 3.8) is 0 Å². The van der Waals surface area contributed by atoms with E-state index in [1.807, 2.05) is 31.2 Å². The molecule has 2 aromatic carbocycles. The van der Waals surface area contributed by atoms with Gasteiger partial charge in [-0.2, -0.15) is 0 Å². The van der Waals surface area contributed by atoms with Gasteiger partial charge < -0.3 is 10.1 Å². The van der Waals surface area contributed by atoms with Crippen LogP contribution in [0.15, 0.2) is 42.5 Å². The fourth-order valence-electron chi connectivity index (χ4n) is 2.91. The molecule has 1 aliphatic rings. The van der Waals surface area contributed by atoms with Crippen molar-refractivity contribution in [3.05, 3.63) is 64.2 Å². The van der Waals surface area contributed by atoms with Crippen LogP contribution in [0.3, 0.4) is 0 Å². The van der Waals surface area contributed by atoms with Crippen LogP contribution in [0, 0.1) is 0 Å². The Morgan fingerprint density at radius 2 is 2.13 bits per heavy atom. The zero-order valence-electron chi connectivity index (χ0n) is 13.1. The molecule has 23 heavy (non-hydrogen) atoms. The van der Waals surface area contributed by atoms with E-state index in [9.17, 15) is 4.79 Å². The third-order valence-electron chi connectivity index (χ3n) is 4.01. The normalized spacial score (nSPS) is 14.0. The van der Waals surface area contributed by atoms with Crippen molar-refractivity contribution >= 4 is 17.5 Å². The molecule has 0 unspecified atom stereocenters. The number of carbonyl (C=O) groups excluding carboxylic acids is 1. The lowest BCUT2D eigenvalue weighted by Gasteiger charge is -2.15. The lowest BCUT2D eigenvalue weighted by atomic mass is 10.0. The van der Waals surface area contributed by atoms with Crippen LogP contribution in [0.4, 0.5) is 0 Å². The maximum atomic E-state index is 12.2. The molecule has 3 nitrogen and oxygen atoms in total. The molecule has 1 heterocycles. The molecular weight excluding hydrogens is 310 g/mol. The van der Waals surface area contributed by atoms with Crippen LogP contribution in [0.2, 0.25) is 5.02 Å². The maximum Gasteiger partial charge on any atom is 0.224 e. The standard InChI is InChI=1S/C19H20ClNO2/c1-13(10-14-6-7-18-16(11-14)8-9-23-18)21-19(22)12-15-4-2-3-5-17(15)20/h2-7,11,13H,8-10,12H2,1H3,(H,21,22)/t13-/m1/s1. The highest BCUT2D eigenvalue weighted by Crippen LogP contribution is 2.26. The topological polar surface area (TPSA) is 38.3 Å². The second kappa shape index (κ2) is 7.05. The lowest BCUT2D eigenvalue weighted by Crippen LogP contribution is -2.35. The van der Waals surface area contributed by atoms with Crippen molar-refractivity contribution in [2.45, 2.75) is 32.2 Å². The summed E-state index contributed by atoms with van der Waals surface area (Å²) in [5, 5.41) is 3.68. The van der Waals surface area contributed by atoms with Gasteiger partial charge in [-0.1, -0.05) is 41.9 Å².